The van der Waals surface area contributed by atoms with Crippen molar-refractivity contribution in [2.45, 2.75) is 13.2 Å². The van der Waals surface area contributed by atoms with Crippen molar-refractivity contribution in [2.75, 3.05) is 7.11 Å². The SMILES string of the molecule is COc1ccc(COCc2cccnc2C#N)cc1. The zero-order valence-electron chi connectivity index (χ0n) is 10.7. The Morgan fingerprint density at radius 1 is 1.16 bits per heavy atom. The number of methoxy groups -OCH3 is 1. The molecule has 1 heterocycles. The average Bonchev–Trinajstić information content (AvgIpc) is 2.48. The van der Waals surface area contributed by atoms with E-state index in [2.05, 4.69) is 11.1 Å². The van der Waals surface area contributed by atoms with Crippen LogP contribution in [0.15, 0.2) is 42.6 Å². The normalized spacial score (nSPS) is 9.89. The Kier molecular flexibility index (Phi) is 4.49. The fourth-order valence-electron chi connectivity index (χ4n) is 1.66. The molecule has 0 saturated carbocycles. The second kappa shape index (κ2) is 6.53. The maximum absolute atomic E-state index is 8.91. The number of aromatic nitrogens is 1. The van der Waals surface area contributed by atoms with Crippen molar-refractivity contribution in [3.63, 3.8) is 0 Å². The minimum atomic E-state index is 0.378. The lowest BCUT2D eigenvalue weighted by atomic mass is 10.2. The van der Waals surface area contributed by atoms with Gasteiger partial charge >= 0.3 is 0 Å². The molecule has 0 saturated heterocycles. The van der Waals surface area contributed by atoms with Gasteiger partial charge < -0.3 is 9.47 Å². The zero-order chi connectivity index (χ0) is 13.5. The molecule has 4 nitrogen and oxygen atoms in total. The molecule has 0 aliphatic carbocycles. The largest absolute Gasteiger partial charge is 0.497 e. The smallest absolute Gasteiger partial charge is 0.145 e. The highest BCUT2D eigenvalue weighted by molar-refractivity contribution is 5.30. The summed E-state index contributed by atoms with van der Waals surface area (Å²) in [5.74, 6) is 0.822. The Morgan fingerprint density at radius 3 is 2.63 bits per heavy atom. The fourth-order valence-corrected chi connectivity index (χ4v) is 1.66. The molecule has 0 amide bonds. The third-order valence-corrected chi connectivity index (χ3v) is 2.68. The molecule has 96 valence electrons. The number of hydrogen-bond donors (Lipinski definition) is 0. The van der Waals surface area contributed by atoms with Crippen LogP contribution in [-0.4, -0.2) is 12.1 Å². The first kappa shape index (κ1) is 13.1. The van der Waals surface area contributed by atoms with Gasteiger partial charge in [0, 0.05) is 11.8 Å². The molecule has 0 fully saturated rings. The highest BCUT2D eigenvalue weighted by Gasteiger charge is 2.02. The third kappa shape index (κ3) is 3.54. The van der Waals surface area contributed by atoms with E-state index in [4.69, 9.17) is 14.7 Å². The molecule has 19 heavy (non-hydrogen) atoms. The third-order valence-electron chi connectivity index (χ3n) is 2.68. The molecule has 0 aliphatic heterocycles. The van der Waals surface area contributed by atoms with Gasteiger partial charge in [-0.2, -0.15) is 5.26 Å². The van der Waals surface area contributed by atoms with Gasteiger partial charge in [0.1, 0.15) is 17.5 Å². The van der Waals surface area contributed by atoms with E-state index in [1.165, 1.54) is 0 Å². The van der Waals surface area contributed by atoms with Crippen LogP contribution in [0.2, 0.25) is 0 Å². The molecule has 1 aromatic carbocycles. The van der Waals surface area contributed by atoms with Crippen LogP contribution in [0.4, 0.5) is 0 Å². The lowest BCUT2D eigenvalue weighted by Crippen LogP contribution is -1.98. The highest BCUT2D eigenvalue weighted by atomic mass is 16.5. The number of rotatable bonds is 5. The van der Waals surface area contributed by atoms with Gasteiger partial charge in [0.2, 0.25) is 0 Å². The lowest BCUT2D eigenvalue weighted by molar-refractivity contribution is 0.107. The van der Waals surface area contributed by atoms with Crippen LogP contribution in [0.5, 0.6) is 5.75 Å². The van der Waals surface area contributed by atoms with Crippen LogP contribution in [0.3, 0.4) is 0 Å². The van der Waals surface area contributed by atoms with Crippen molar-refractivity contribution in [1.29, 1.82) is 5.26 Å². The molecular weight excluding hydrogens is 240 g/mol. The van der Waals surface area contributed by atoms with Crippen LogP contribution in [0.25, 0.3) is 0 Å². The second-order valence-corrected chi connectivity index (χ2v) is 3.96. The number of benzene rings is 1. The predicted molar refractivity (Wildman–Crippen MR) is 70.4 cm³/mol. The van der Waals surface area contributed by atoms with E-state index in [-0.39, 0.29) is 0 Å². The van der Waals surface area contributed by atoms with Crippen LogP contribution in [-0.2, 0) is 18.0 Å². The predicted octanol–water partition coefficient (Wildman–Crippen LogP) is 2.68. The summed E-state index contributed by atoms with van der Waals surface area (Å²) < 4.78 is 10.7. The van der Waals surface area contributed by atoms with Gasteiger partial charge in [-0.15, -0.1) is 0 Å². The first-order chi connectivity index (χ1) is 9.33. The van der Waals surface area contributed by atoms with E-state index >= 15 is 0 Å². The molecule has 0 radical (unpaired) electrons. The average molecular weight is 254 g/mol. The van der Waals surface area contributed by atoms with Crippen molar-refractivity contribution in [1.82, 2.24) is 4.98 Å². The van der Waals surface area contributed by atoms with Crippen molar-refractivity contribution < 1.29 is 9.47 Å². The summed E-state index contributed by atoms with van der Waals surface area (Å²) in [5.41, 5.74) is 2.28. The van der Waals surface area contributed by atoms with E-state index < -0.39 is 0 Å². The van der Waals surface area contributed by atoms with Gasteiger partial charge in [0.15, 0.2) is 0 Å². The Hall–Kier alpha value is -2.38. The summed E-state index contributed by atoms with van der Waals surface area (Å²) in [7, 11) is 1.64. The van der Waals surface area contributed by atoms with Crippen molar-refractivity contribution in [2.24, 2.45) is 0 Å². The minimum Gasteiger partial charge on any atom is -0.497 e. The molecule has 0 atom stereocenters. The van der Waals surface area contributed by atoms with E-state index in [1.807, 2.05) is 30.3 Å². The fraction of sp³-hybridized carbons (Fsp3) is 0.200. The van der Waals surface area contributed by atoms with Crippen LogP contribution < -0.4 is 4.74 Å². The second-order valence-electron chi connectivity index (χ2n) is 3.96. The van der Waals surface area contributed by atoms with Gasteiger partial charge in [-0.05, 0) is 23.8 Å². The monoisotopic (exact) mass is 254 g/mol. The summed E-state index contributed by atoms with van der Waals surface area (Å²) >= 11 is 0. The number of ether oxygens (including phenoxy) is 2. The van der Waals surface area contributed by atoms with E-state index in [0.717, 1.165) is 16.9 Å². The molecule has 2 rings (SSSR count). The maximum atomic E-state index is 8.91. The summed E-state index contributed by atoms with van der Waals surface area (Å²) in [5, 5.41) is 8.91. The first-order valence-corrected chi connectivity index (χ1v) is 5.88. The first-order valence-electron chi connectivity index (χ1n) is 5.88. The van der Waals surface area contributed by atoms with Crippen LogP contribution in [0.1, 0.15) is 16.8 Å². The van der Waals surface area contributed by atoms with Gasteiger partial charge in [0.25, 0.3) is 0 Å². The number of hydrogen-bond acceptors (Lipinski definition) is 4. The summed E-state index contributed by atoms with van der Waals surface area (Å²) in [6.45, 7) is 0.868. The Labute approximate surface area is 112 Å². The summed E-state index contributed by atoms with van der Waals surface area (Å²) in [4.78, 5) is 3.99. The van der Waals surface area contributed by atoms with Gasteiger partial charge in [-0.3, -0.25) is 0 Å². The van der Waals surface area contributed by atoms with E-state index in [1.54, 1.807) is 19.4 Å². The molecule has 0 unspecified atom stereocenters. The molecule has 1 aromatic heterocycles. The molecule has 0 spiro atoms. The van der Waals surface area contributed by atoms with Gasteiger partial charge in [0.05, 0.1) is 20.3 Å². The Balaban J connectivity index is 1.91. The van der Waals surface area contributed by atoms with E-state index in [9.17, 15) is 0 Å². The molecule has 0 N–H and O–H groups in total. The summed E-state index contributed by atoms with van der Waals surface area (Å²) in [6, 6.07) is 13.4. The van der Waals surface area contributed by atoms with E-state index in [0.29, 0.717) is 18.9 Å². The summed E-state index contributed by atoms with van der Waals surface area (Å²) in [6.07, 6.45) is 1.60. The molecular formula is C15H14N2O2. The molecule has 0 bridgehead atoms. The molecule has 0 aliphatic rings. The highest BCUT2D eigenvalue weighted by Crippen LogP contribution is 2.13. The Morgan fingerprint density at radius 2 is 1.95 bits per heavy atom. The number of nitrogens with zero attached hydrogens (tertiary/aromatic N) is 2. The van der Waals surface area contributed by atoms with Crippen molar-refractivity contribution >= 4 is 0 Å². The standard InChI is InChI=1S/C15H14N2O2/c1-18-14-6-4-12(5-7-14)10-19-11-13-3-2-8-17-15(13)9-16/h2-8H,10-11H2,1H3. The maximum Gasteiger partial charge on any atom is 0.145 e. The topological polar surface area (TPSA) is 55.1 Å². The van der Waals surface area contributed by atoms with Crippen molar-refractivity contribution in [3.8, 4) is 11.8 Å². The molecule has 4 heteroatoms. The minimum absolute atomic E-state index is 0.378. The van der Waals surface area contributed by atoms with Crippen LogP contribution >= 0.6 is 0 Å². The number of pyridine rings is 1. The zero-order valence-corrected chi connectivity index (χ0v) is 10.7. The number of nitriles is 1. The van der Waals surface area contributed by atoms with Crippen LogP contribution in [0, 0.1) is 11.3 Å². The lowest BCUT2D eigenvalue weighted by Gasteiger charge is -2.06. The molecule has 2 aromatic rings. The van der Waals surface area contributed by atoms with Gasteiger partial charge in [-0.1, -0.05) is 18.2 Å². The Bertz CT molecular complexity index is 573. The van der Waals surface area contributed by atoms with Crippen molar-refractivity contribution in [3.05, 3.63) is 59.4 Å². The quantitative estimate of drug-likeness (QED) is 0.823. The van der Waals surface area contributed by atoms with Gasteiger partial charge in [-0.25, -0.2) is 4.98 Å².